The fraction of sp³-hybridized carbons (Fsp3) is 0.333. The molecule has 1 aliphatic heterocycles. The fourth-order valence-corrected chi connectivity index (χ4v) is 2.97. The van der Waals surface area contributed by atoms with E-state index in [9.17, 15) is 4.79 Å². The molecule has 1 aromatic heterocycles. The van der Waals surface area contributed by atoms with Gasteiger partial charge >= 0.3 is 6.03 Å². The van der Waals surface area contributed by atoms with E-state index >= 15 is 0 Å². The Bertz CT molecular complexity index is 594. The number of nitrogens with one attached hydrogen (secondary N) is 1. The normalized spacial score (nSPS) is 15.0. The molecule has 1 aromatic carbocycles. The highest BCUT2D eigenvalue weighted by Gasteiger charge is 2.16. The third-order valence-electron chi connectivity index (χ3n) is 3.29. The zero-order valence-electron chi connectivity index (χ0n) is 11.6. The Morgan fingerprint density at radius 1 is 1.29 bits per heavy atom. The second-order valence-corrected chi connectivity index (χ2v) is 5.63. The van der Waals surface area contributed by atoms with Crippen molar-refractivity contribution in [2.45, 2.75) is 6.54 Å². The summed E-state index contributed by atoms with van der Waals surface area (Å²) in [6.07, 6.45) is 0. The van der Waals surface area contributed by atoms with Gasteiger partial charge in [-0.05, 0) is 0 Å². The van der Waals surface area contributed by atoms with Crippen LogP contribution in [-0.2, 0) is 11.3 Å². The summed E-state index contributed by atoms with van der Waals surface area (Å²) >= 11 is 1.59. The summed E-state index contributed by atoms with van der Waals surface area (Å²) in [6.45, 7) is 2.99. The van der Waals surface area contributed by atoms with Crippen molar-refractivity contribution < 1.29 is 9.53 Å². The molecule has 1 fully saturated rings. The Kier molecular flexibility index (Phi) is 4.47. The Morgan fingerprint density at radius 2 is 2.05 bits per heavy atom. The van der Waals surface area contributed by atoms with E-state index in [4.69, 9.17) is 4.74 Å². The molecule has 0 aliphatic carbocycles. The van der Waals surface area contributed by atoms with Crippen molar-refractivity contribution in [2.75, 3.05) is 26.3 Å². The minimum atomic E-state index is -0.0486. The molecule has 0 saturated carbocycles. The van der Waals surface area contributed by atoms with Crippen molar-refractivity contribution in [1.82, 2.24) is 15.2 Å². The second-order valence-electron chi connectivity index (χ2n) is 4.77. The Balaban J connectivity index is 1.56. The first-order chi connectivity index (χ1) is 10.3. The number of benzene rings is 1. The van der Waals surface area contributed by atoms with Crippen LogP contribution in [0.1, 0.15) is 5.69 Å². The number of rotatable bonds is 3. The fourth-order valence-electron chi connectivity index (χ4n) is 2.15. The lowest BCUT2D eigenvalue weighted by Gasteiger charge is -2.26. The van der Waals surface area contributed by atoms with E-state index in [1.807, 2.05) is 35.7 Å². The average Bonchev–Trinajstić information content (AvgIpc) is 3.03. The maximum atomic E-state index is 12.0. The van der Waals surface area contributed by atoms with Crippen LogP contribution in [0, 0.1) is 0 Å². The number of thiazole rings is 1. The predicted octanol–water partition coefficient (Wildman–Crippen LogP) is 2.35. The van der Waals surface area contributed by atoms with Crippen LogP contribution in [-0.4, -0.2) is 42.2 Å². The quantitative estimate of drug-likeness (QED) is 0.947. The summed E-state index contributed by atoms with van der Waals surface area (Å²) in [6, 6.07) is 10.0. The number of hydrogen-bond acceptors (Lipinski definition) is 4. The maximum Gasteiger partial charge on any atom is 0.317 e. The molecule has 6 heteroatoms. The molecule has 0 spiro atoms. The van der Waals surface area contributed by atoms with Crippen LogP contribution in [0.3, 0.4) is 0 Å². The minimum Gasteiger partial charge on any atom is -0.378 e. The van der Waals surface area contributed by atoms with E-state index in [1.165, 1.54) is 0 Å². The summed E-state index contributed by atoms with van der Waals surface area (Å²) < 4.78 is 5.23. The second kappa shape index (κ2) is 6.69. The number of nitrogens with zero attached hydrogens (tertiary/aromatic N) is 2. The van der Waals surface area contributed by atoms with E-state index in [-0.39, 0.29) is 6.03 Å². The molecular weight excluding hydrogens is 286 g/mol. The number of ether oxygens (including phenoxy) is 1. The molecule has 1 saturated heterocycles. The lowest BCUT2D eigenvalue weighted by molar-refractivity contribution is 0.0531. The lowest BCUT2D eigenvalue weighted by Crippen LogP contribution is -2.45. The molecule has 1 aliphatic rings. The van der Waals surface area contributed by atoms with Crippen molar-refractivity contribution in [2.24, 2.45) is 0 Å². The summed E-state index contributed by atoms with van der Waals surface area (Å²) in [5.41, 5.74) is 1.99. The molecule has 0 radical (unpaired) electrons. The third-order valence-corrected chi connectivity index (χ3v) is 4.23. The van der Waals surface area contributed by atoms with Gasteiger partial charge in [-0.15, -0.1) is 11.3 Å². The molecule has 2 aromatic rings. The standard InChI is InChI=1S/C15H17N3O2S/c19-15(18-6-8-20-9-7-18)16-10-13-11-21-14(17-13)12-4-2-1-3-5-12/h1-5,11H,6-10H2,(H,16,19). The molecule has 5 nitrogen and oxygen atoms in total. The van der Waals surface area contributed by atoms with Crippen molar-refractivity contribution in [1.29, 1.82) is 0 Å². The SMILES string of the molecule is O=C(NCc1csc(-c2ccccc2)n1)N1CCOCC1. The van der Waals surface area contributed by atoms with Gasteiger partial charge in [-0.2, -0.15) is 0 Å². The minimum absolute atomic E-state index is 0.0486. The van der Waals surface area contributed by atoms with Crippen molar-refractivity contribution in [3.05, 3.63) is 41.4 Å². The van der Waals surface area contributed by atoms with Crippen LogP contribution in [0.25, 0.3) is 10.6 Å². The molecule has 0 unspecified atom stereocenters. The number of morpholine rings is 1. The molecule has 110 valence electrons. The van der Waals surface area contributed by atoms with Gasteiger partial charge in [0.2, 0.25) is 0 Å². The van der Waals surface area contributed by atoms with Crippen LogP contribution >= 0.6 is 11.3 Å². The highest BCUT2D eigenvalue weighted by Crippen LogP contribution is 2.23. The van der Waals surface area contributed by atoms with Gasteiger partial charge in [-0.25, -0.2) is 9.78 Å². The van der Waals surface area contributed by atoms with E-state index in [1.54, 1.807) is 16.2 Å². The number of hydrogen-bond donors (Lipinski definition) is 1. The average molecular weight is 303 g/mol. The van der Waals surface area contributed by atoms with E-state index < -0.39 is 0 Å². The summed E-state index contributed by atoms with van der Waals surface area (Å²) in [4.78, 5) is 18.3. The van der Waals surface area contributed by atoms with Crippen LogP contribution in [0.5, 0.6) is 0 Å². The number of urea groups is 1. The zero-order chi connectivity index (χ0) is 14.5. The van der Waals surface area contributed by atoms with Gasteiger partial charge in [0.05, 0.1) is 25.5 Å². The van der Waals surface area contributed by atoms with Gasteiger partial charge in [0.1, 0.15) is 5.01 Å². The lowest BCUT2D eigenvalue weighted by atomic mass is 10.2. The Labute approximate surface area is 127 Å². The first kappa shape index (κ1) is 14.0. The van der Waals surface area contributed by atoms with Gasteiger partial charge in [0.25, 0.3) is 0 Å². The molecule has 1 N–H and O–H groups in total. The van der Waals surface area contributed by atoms with Crippen molar-refractivity contribution in [3.8, 4) is 10.6 Å². The number of carbonyl (C=O) groups is 1. The monoisotopic (exact) mass is 303 g/mol. The van der Waals surface area contributed by atoms with E-state index in [0.717, 1.165) is 16.3 Å². The van der Waals surface area contributed by atoms with Crippen LogP contribution in [0.4, 0.5) is 4.79 Å². The Morgan fingerprint density at radius 3 is 2.81 bits per heavy atom. The molecular formula is C15H17N3O2S. The largest absolute Gasteiger partial charge is 0.378 e. The van der Waals surface area contributed by atoms with Crippen molar-refractivity contribution in [3.63, 3.8) is 0 Å². The van der Waals surface area contributed by atoms with E-state index in [0.29, 0.717) is 32.8 Å². The molecule has 0 atom stereocenters. The molecule has 2 heterocycles. The van der Waals surface area contributed by atoms with Crippen LogP contribution < -0.4 is 5.32 Å². The molecule has 0 bridgehead atoms. The van der Waals surface area contributed by atoms with Gasteiger partial charge in [0.15, 0.2) is 0 Å². The summed E-state index contributed by atoms with van der Waals surface area (Å²) in [5.74, 6) is 0. The van der Waals surface area contributed by atoms with Gasteiger partial charge in [-0.1, -0.05) is 30.3 Å². The van der Waals surface area contributed by atoms with Gasteiger partial charge in [-0.3, -0.25) is 0 Å². The number of amides is 2. The van der Waals surface area contributed by atoms with E-state index in [2.05, 4.69) is 10.3 Å². The predicted molar refractivity (Wildman–Crippen MR) is 82.2 cm³/mol. The summed E-state index contributed by atoms with van der Waals surface area (Å²) in [7, 11) is 0. The van der Waals surface area contributed by atoms with Crippen molar-refractivity contribution >= 4 is 17.4 Å². The van der Waals surface area contributed by atoms with Gasteiger partial charge < -0.3 is 15.0 Å². The first-order valence-electron chi connectivity index (χ1n) is 6.93. The highest BCUT2D eigenvalue weighted by molar-refractivity contribution is 7.13. The Hall–Kier alpha value is -1.92. The highest BCUT2D eigenvalue weighted by atomic mass is 32.1. The third kappa shape index (κ3) is 3.59. The topological polar surface area (TPSA) is 54.5 Å². The summed E-state index contributed by atoms with van der Waals surface area (Å²) in [5, 5.41) is 5.88. The smallest absolute Gasteiger partial charge is 0.317 e. The molecule has 2 amide bonds. The zero-order valence-corrected chi connectivity index (χ0v) is 12.4. The first-order valence-corrected chi connectivity index (χ1v) is 7.81. The maximum absolute atomic E-state index is 12.0. The number of aromatic nitrogens is 1. The molecule has 21 heavy (non-hydrogen) atoms. The molecule has 3 rings (SSSR count). The van der Waals surface area contributed by atoms with Gasteiger partial charge in [0, 0.05) is 24.0 Å². The van der Waals surface area contributed by atoms with Crippen LogP contribution in [0.2, 0.25) is 0 Å². The van der Waals surface area contributed by atoms with Crippen LogP contribution in [0.15, 0.2) is 35.7 Å². The number of carbonyl (C=O) groups excluding carboxylic acids is 1.